The summed E-state index contributed by atoms with van der Waals surface area (Å²) in [6, 6.07) is 18.9. The highest BCUT2D eigenvalue weighted by Gasteiger charge is 2.10. The Morgan fingerprint density at radius 3 is 2.73 bits per heavy atom. The largest absolute Gasteiger partial charge is 0.361 e. The summed E-state index contributed by atoms with van der Waals surface area (Å²) in [5, 5.41) is 4.66. The molecule has 0 aliphatic heterocycles. The molecule has 0 aliphatic carbocycles. The minimum Gasteiger partial charge on any atom is -0.361 e. The Bertz CT molecular complexity index is 1220. The number of pyridine rings is 1. The molecule has 0 saturated heterocycles. The highest BCUT2D eigenvalue weighted by Crippen LogP contribution is 2.37. The first kappa shape index (κ1) is 15.1. The molecule has 0 atom stereocenters. The van der Waals surface area contributed by atoms with Crippen LogP contribution in [-0.2, 0) is 0 Å². The topological polar surface area (TPSA) is 40.7 Å². The number of halogens is 1. The fourth-order valence-electron chi connectivity index (χ4n) is 3.08. The van der Waals surface area contributed by atoms with E-state index in [0.29, 0.717) is 0 Å². The Kier molecular flexibility index (Phi) is 3.47. The van der Waals surface area contributed by atoms with E-state index in [4.69, 9.17) is 0 Å². The van der Waals surface area contributed by atoms with Crippen molar-refractivity contribution in [3.8, 4) is 10.4 Å². The zero-order valence-corrected chi connectivity index (χ0v) is 14.5. The van der Waals surface area contributed by atoms with Crippen molar-refractivity contribution >= 4 is 43.8 Å². The van der Waals surface area contributed by atoms with Gasteiger partial charge in [-0.1, -0.05) is 12.1 Å². The van der Waals surface area contributed by atoms with Crippen LogP contribution < -0.4 is 5.32 Å². The van der Waals surface area contributed by atoms with E-state index >= 15 is 0 Å². The number of aromatic nitrogens is 2. The van der Waals surface area contributed by atoms with Gasteiger partial charge in [-0.05, 0) is 54.1 Å². The minimum absolute atomic E-state index is 0.226. The molecule has 0 bridgehead atoms. The molecule has 3 nitrogen and oxygen atoms in total. The third-order valence-corrected chi connectivity index (χ3v) is 5.58. The van der Waals surface area contributed by atoms with Crippen LogP contribution in [0.4, 0.5) is 15.8 Å². The van der Waals surface area contributed by atoms with Gasteiger partial charge in [-0.25, -0.2) is 4.39 Å². The second-order valence-corrected chi connectivity index (χ2v) is 7.15. The summed E-state index contributed by atoms with van der Waals surface area (Å²) >= 11 is 1.65. The summed E-state index contributed by atoms with van der Waals surface area (Å²) in [5.41, 5.74) is 5.09. The average Bonchev–Trinajstić information content (AvgIpc) is 3.29. The molecule has 2 N–H and O–H groups in total. The van der Waals surface area contributed by atoms with E-state index in [1.807, 2.05) is 18.3 Å². The number of hydrogen-bond acceptors (Lipinski definition) is 3. The predicted molar refractivity (Wildman–Crippen MR) is 107 cm³/mol. The van der Waals surface area contributed by atoms with E-state index in [1.165, 1.54) is 17.5 Å². The Hall–Kier alpha value is -3.18. The maximum absolute atomic E-state index is 13.2. The Morgan fingerprint density at radius 1 is 0.962 bits per heavy atom. The summed E-state index contributed by atoms with van der Waals surface area (Å²) in [7, 11) is 0. The molecular weight excluding hydrogens is 345 g/mol. The smallest absolute Gasteiger partial charge is 0.123 e. The number of thiophene rings is 1. The Labute approximate surface area is 153 Å². The third-order valence-electron chi connectivity index (χ3n) is 4.37. The lowest BCUT2D eigenvalue weighted by Gasteiger charge is -2.07. The molecule has 126 valence electrons. The Balaban J connectivity index is 1.56. The normalized spacial score (nSPS) is 11.3. The lowest BCUT2D eigenvalue weighted by molar-refractivity contribution is 0.628. The van der Waals surface area contributed by atoms with Crippen molar-refractivity contribution in [2.75, 3.05) is 5.32 Å². The number of nitrogens with one attached hydrogen (secondary N) is 2. The number of nitrogens with zero attached hydrogens (tertiary/aromatic N) is 1. The van der Waals surface area contributed by atoms with Gasteiger partial charge in [0.1, 0.15) is 5.82 Å². The zero-order chi connectivity index (χ0) is 17.5. The van der Waals surface area contributed by atoms with E-state index < -0.39 is 0 Å². The molecule has 5 rings (SSSR count). The van der Waals surface area contributed by atoms with Crippen LogP contribution >= 0.6 is 11.3 Å². The van der Waals surface area contributed by atoms with Crippen molar-refractivity contribution in [3.05, 3.63) is 78.9 Å². The van der Waals surface area contributed by atoms with Crippen molar-refractivity contribution < 1.29 is 4.39 Å². The molecule has 0 radical (unpaired) electrons. The Morgan fingerprint density at radius 2 is 1.85 bits per heavy atom. The van der Waals surface area contributed by atoms with Crippen LogP contribution in [0.15, 0.2) is 73.1 Å². The van der Waals surface area contributed by atoms with Crippen molar-refractivity contribution in [3.63, 3.8) is 0 Å². The minimum atomic E-state index is -0.226. The lowest BCUT2D eigenvalue weighted by atomic mass is 10.2. The summed E-state index contributed by atoms with van der Waals surface area (Å²) in [5.74, 6) is -0.226. The third kappa shape index (κ3) is 2.62. The van der Waals surface area contributed by atoms with Crippen LogP contribution in [0.1, 0.15) is 0 Å². The number of aromatic amines is 1. The van der Waals surface area contributed by atoms with Crippen LogP contribution in [0, 0.1) is 5.82 Å². The van der Waals surface area contributed by atoms with Crippen LogP contribution in [0.3, 0.4) is 0 Å². The van der Waals surface area contributed by atoms with Gasteiger partial charge in [-0.15, -0.1) is 11.3 Å². The summed E-state index contributed by atoms with van der Waals surface area (Å²) < 4.78 is 14.3. The molecule has 3 aromatic heterocycles. The van der Waals surface area contributed by atoms with Gasteiger partial charge in [0.2, 0.25) is 0 Å². The average molecular weight is 359 g/mol. The number of benzene rings is 2. The number of hydrogen-bond donors (Lipinski definition) is 2. The van der Waals surface area contributed by atoms with Crippen LogP contribution in [0.25, 0.3) is 31.6 Å². The monoisotopic (exact) mass is 359 g/mol. The van der Waals surface area contributed by atoms with Crippen LogP contribution in [-0.4, -0.2) is 9.97 Å². The second kappa shape index (κ2) is 5.97. The van der Waals surface area contributed by atoms with Crippen LogP contribution in [0.5, 0.6) is 0 Å². The maximum atomic E-state index is 13.2. The fourth-order valence-corrected chi connectivity index (χ4v) is 4.17. The van der Waals surface area contributed by atoms with E-state index in [-0.39, 0.29) is 5.82 Å². The number of rotatable bonds is 3. The van der Waals surface area contributed by atoms with Gasteiger partial charge in [0.15, 0.2) is 0 Å². The SMILES string of the molecule is Fc1ccc(-c2cc3nccc(Nc4ccc5[nH]ccc5c4)c3s2)cc1. The number of fused-ring (bicyclic) bond motifs is 2. The first-order valence-electron chi connectivity index (χ1n) is 8.25. The zero-order valence-electron chi connectivity index (χ0n) is 13.7. The van der Waals surface area contributed by atoms with Crippen molar-refractivity contribution in [2.24, 2.45) is 0 Å². The number of anilines is 2. The molecule has 3 heterocycles. The molecule has 26 heavy (non-hydrogen) atoms. The fraction of sp³-hybridized carbons (Fsp3) is 0. The van der Waals surface area contributed by atoms with E-state index in [1.54, 1.807) is 29.7 Å². The highest BCUT2D eigenvalue weighted by atomic mass is 32.1. The predicted octanol–water partition coefficient (Wildman–Crippen LogP) is 6.33. The molecule has 0 unspecified atom stereocenters. The molecule has 0 saturated carbocycles. The molecule has 5 heteroatoms. The quantitative estimate of drug-likeness (QED) is 0.395. The van der Waals surface area contributed by atoms with Gasteiger partial charge in [-0.2, -0.15) is 0 Å². The molecule has 5 aromatic rings. The molecule has 0 spiro atoms. The van der Waals surface area contributed by atoms with Gasteiger partial charge >= 0.3 is 0 Å². The summed E-state index contributed by atoms with van der Waals surface area (Å²) in [6.45, 7) is 0. The van der Waals surface area contributed by atoms with E-state index in [0.717, 1.165) is 37.5 Å². The van der Waals surface area contributed by atoms with Gasteiger partial charge < -0.3 is 10.3 Å². The maximum Gasteiger partial charge on any atom is 0.123 e. The molecule has 2 aromatic carbocycles. The van der Waals surface area contributed by atoms with E-state index in [2.05, 4.69) is 39.6 Å². The molecular formula is C21H14FN3S. The first-order valence-corrected chi connectivity index (χ1v) is 9.06. The van der Waals surface area contributed by atoms with Crippen molar-refractivity contribution in [1.29, 1.82) is 0 Å². The first-order chi connectivity index (χ1) is 12.8. The second-order valence-electron chi connectivity index (χ2n) is 6.10. The molecule has 0 aliphatic rings. The lowest BCUT2D eigenvalue weighted by Crippen LogP contribution is -1.90. The molecule has 0 amide bonds. The summed E-state index contributed by atoms with van der Waals surface area (Å²) in [4.78, 5) is 8.76. The number of H-pyrrole nitrogens is 1. The highest BCUT2D eigenvalue weighted by molar-refractivity contribution is 7.22. The van der Waals surface area contributed by atoms with Crippen molar-refractivity contribution in [2.45, 2.75) is 0 Å². The van der Waals surface area contributed by atoms with Gasteiger partial charge in [0.05, 0.1) is 15.9 Å². The van der Waals surface area contributed by atoms with Gasteiger partial charge in [-0.3, -0.25) is 4.98 Å². The van der Waals surface area contributed by atoms with Gasteiger partial charge in [0.25, 0.3) is 0 Å². The summed E-state index contributed by atoms with van der Waals surface area (Å²) in [6.07, 6.45) is 3.74. The standard InChI is InChI=1S/C21H14FN3S/c22-15-3-1-13(2-4-15)20-12-19-21(26-20)18(8-10-24-19)25-16-5-6-17-14(11-16)7-9-23-17/h1-12,23H,(H,24,25). The van der Waals surface area contributed by atoms with E-state index in [9.17, 15) is 4.39 Å². The van der Waals surface area contributed by atoms with Crippen LogP contribution in [0.2, 0.25) is 0 Å². The van der Waals surface area contributed by atoms with Gasteiger partial charge in [0, 0.05) is 33.9 Å². The van der Waals surface area contributed by atoms with Crippen molar-refractivity contribution in [1.82, 2.24) is 9.97 Å². The molecule has 0 fully saturated rings.